The standard InChI is InChI=1S/C21H24N2O4/c1-4-7-17-10-16(12-19(21(17)25)27-5-2)14-22-23-20(24)13-15-8-6-9-18(11-15)26-3/h4,6,8-12,14,25H,1,5,7,13H2,2-3H3,(H,23,24)/b22-14+. The smallest absolute Gasteiger partial charge is 0.244 e. The molecule has 0 aliphatic carbocycles. The van der Waals surface area contributed by atoms with Crippen LogP contribution in [0, 0.1) is 0 Å². The SMILES string of the molecule is C=CCc1cc(/C=N/NC(=O)Cc2cccc(OC)c2)cc(OCC)c1O. The lowest BCUT2D eigenvalue weighted by Crippen LogP contribution is -2.19. The largest absolute Gasteiger partial charge is 0.504 e. The van der Waals surface area contributed by atoms with Crippen LogP contribution in [0.5, 0.6) is 17.2 Å². The molecule has 0 saturated carbocycles. The highest BCUT2D eigenvalue weighted by molar-refractivity contribution is 5.84. The molecule has 0 aromatic heterocycles. The van der Waals surface area contributed by atoms with Crippen LogP contribution in [-0.4, -0.2) is 30.9 Å². The van der Waals surface area contributed by atoms with Gasteiger partial charge in [0.2, 0.25) is 5.91 Å². The van der Waals surface area contributed by atoms with Gasteiger partial charge in [0.1, 0.15) is 5.75 Å². The minimum absolute atomic E-state index is 0.0935. The van der Waals surface area contributed by atoms with Crippen LogP contribution in [0.3, 0.4) is 0 Å². The van der Waals surface area contributed by atoms with Gasteiger partial charge >= 0.3 is 0 Å². The molecule has 0 saturated heterocycles. The molecule has 2 rings (SSSR count). The number of methoxy groups -OCH3 is 1. The lowest BCUT2D eigenvalue weighted by Gasteiger charge is -2.10. The molecule has 0 radical (unpaired) electrons. The summed E-state index contributed by atoms with van der Waals surface area (Å²) >= 11 is 0. The van der Waals surface area contributed by atoms with Crippen LogP contribution >= 0.6 is 0 Å². The first-order chi connectivity index (χ1) is 13.1. The molecule has 0 aliphatic rings. The van der Waals surface area contributed by atoms with Crippen molar-refractivity contribution in [3.8, 4) is 17.2 Å². The number of nitrogens with zero attached hydrogens (tertiary/aromatic N) is 1. The molecular formula is C21H24N2O4. The lowest BCUT2D eigenvalue weighted by atomic mass is 10.1. The molecule has 0 spiro atoms. The highest BCUT2D eigenvalue weighted by atomic mass is 16.5. The van der Waals surface area contributed by atoms with Crippen molar-refractivity contribution in [2.75, 3.05) is 13.7 Å². The Hall–Kier alpha value is -3.28. The van der Waals surface area contributed by atoms with Crippen molar-refractivity contribution in [1.29, 1.82) is 0 Å². The van der Waals surface area contributed by atoms with Gasteiger partial charge in [-0.1, -0.05) is 18.2 Å². The Morgan fingerprint density at radius 1 is 1.33 bits per heavy atom. The number of carbonyl (C=O) groups excluding carboxylic acids is 1. The van der Waals surface area contributed by atoms with Gasteiger partial charge in [0.25, 0.3) is 0 Å². The Labute approximate surface area is 159 Å². The van der Waals surface area contributed by atoms with Crippen LogP contribution < -0.4 is 14.9 Å². The fourth-order valence-corrected chi connectivity index (χ4v) is 2.53. The van der Waals surface area contributed by atoms with Crippen LogP contribution in [0.15, 0.2) is 54.2 Å². The molecule has 2 N–H and O–H groups in total. The molecule has 0 unspecified atom stereocenters. The van der Waals surface area contributed by atoms with Crippen molar-refractivity contribution in [3.63, 3.8) is 0 Å². The molecule has 27 heavy (non-hydrogen) atoms. The second-order valence-electron chi connectivity index (χ2n) is 5.77. The van der Waals surface area contributed by atoms with E-state index < -0.39 is 0 Å². The number of phenolic OH excluding ortho intramolecular Hbond substituents is 1. The first-order valence-electron chi connectivity index (χ1n) is 8.61. The number of amides is 1. The highest BCUT2D eigenvalue weighted by Gasteiger charge is 2.10. The first kappa shape index (κ1) is 20.0. The maximum absolute atomic E-state index is 12.1. The van der Waals surface area contributed by atoms with E-state index in [1.54, 1.807) is 31.4 Å². The van der Waals surface area contributed by atoms with Crippen molar-refractivity contribution in [1.82, 2.24) is 5.43 Å². The quantitative estimate of drug-likeness (QED) is 0.405. The van der Waals surface area contributed by atoms with E-state index in [1.165, 1.54) is 6.21 Å². The Bertz CT molecular complexity index is 831. The molecule has 6 heteroatoms. The van der Waals surface area contributed by atoms with Crippen molar-refractivity contribution >= 4 is 12.1 Å². The molecule has 6 nitrogen and oxygen atoms in total. The second kappa shape index (κ2) is 10.0. The van der Waals surface area contributed by atoms with E-state index in [2.05, 4.69) is 17.1 Å². The Morgan fingerprint density at radius 3 is 2.85 bits per heavy atom. The molecule has 2 aromatic carbocycles. The van der Waals surface area contributed by atoms with Crippen molar-refractivity contribution < 1.29 is 19.4 Å². The van der Waals surface area contributed by atoms with E-state index in [0.29, 0.717) is 35.7 Å². The zero-order valence-corrected chi connectivity index (χ0v) is 15.6. The first-order valence-corrected chi connectivity index (χ1v) is 8.61. The predicted molar refractivity (Wildman–Crippen MR) is 106 cm³/mol. The summed E-state index contributed by atoms with van der Waals surface area (Å²) < 4.78 is 10.6. The van der Waals surface area contributed by atoms with Gasteiger partial charge in [0.05, 0.1) is 26.4 Å². The van der Waals surface area contributed by atoms with Crippen molar-refractivity contribution in [2.24, 2.45) is 5.10 Å². The molecular weight excluding hydrogens is 344 g/mol. The van der Waals surface area contributed by atoms with Crippen LogP contribution in [0.25, 0.3) is 0 Å². The van der Waals surface area contributed by atoms with E-state index in [1.807, 2.05) is 25.1 Å². The van der Waals surface area contributed by atoms with E-state index in [9.17, 15) is 9.90 Å². The Balaban J connectivity index is 2.05. The van der Waals surface area contributed by atoms with Crippen LogP contribution in [0.2, 0.25) is 0 Å². The van der Waals surface area contributed by atoms with Gasteiger partial charge in [-0.15, -0.1) is 6.58 Å². The minimum atomic E-state index is -0.241. The third-order valence-electron chi connectivity index (χ3n) is 3.74. The summed E-state index contributed by atoms with van der Waals surface area (Å²) in [6, 6.07) is 10.8. The van der Waals surface area contributed by atoms with E-state index >= 15 is 0 Å². The van der Waals surface area contributed by atoms with E-state index in [0.717, 1.165) is 5.56 Å². The number of benzene rings is 2. The van der Waals surface area contributed by atoms with Gasteiger partial charge in [-0.05, 0) is 48.7 Å². The summed E-state index contributed by atoms with van der Waals surface area (Å²) in [6.07, 6.45) is 3.89. The summed E-state index contributed by atoms with van der Waals surface area (Å²) in [6.45, 7) is 5.96. The van der Waals surface area contributed by atoms with Crippen molar-refractivity contribution in [2.45, 2.75) is 19.8 Å². The number of carbonyl (C=O) groups is 1. The maximum Gasteiger partial charge on any atom is 0.244 e. The number of hydrogen-bond acceptors (Lipinski definition) is 5. The second-order valence-corrected chi connectivity index (χ2v) is 5.77. The molecule has 0 fully saturated rings. The Morgan fingerprint density at radius 2 is 2.15 bits per heavy atom. The monoisotopic (exact) mass is 368 g/mol. The predicted octanol–water partition coefficient (Wildman–Crippen LogP) is 3.22. The van der Waals surface area contributed by atoms with Crippen molar-refractivity contribution in [3.05, 3.63) is 65.7 Å². The average molecular weight is 368 g/mol. The van der Waals surface area contributed by atoms with Gasteiger partial charge in [-0.3, -0.25) is 4.79 Å². The number of hydrogen-bond donors (Lipinski definition) is 2. The zero-order valence-electron chi connectivity index (χ0n) is 15.6. The molecule has 1 amide bonds. The molecule has 0 heterocycles. The van der Waals surface area contributed by atoms with Crippen LogP contribution in [-0.2, 0) is 17.6 Å². The fraction of sp³-hybridized carbons (Fsp3) is 0.238. The number of nitrogens with one attached hydrogen (secondary N) is 1. The Kier molecular flexibility index (Phi) is 7.43. The van der Waals surface area contributed by atoms with Gasteiger partial charge in [-0.25, -0.2) is 5.43 Å². The normalized spacial score (nSPS) is 10.6. The topological polar surface area (TPSA) is 80.2 Å². The summed E-state index contributed by atoms with van der Waals surface area (Å²) in [5.41, 5.74) is 4.72. The van der Waals surface area contributed by atoms with Crippen LogP contribution in [0.1, 0.15) is 23.6 Å². The molecule has 0 aliphatic heterocycles. The maximum atomic E-state index is 12.1. The highest BCUT2D eigenvalue weighted by Crippen LogP contribution is 2.31. The lowest BCUT2D eigenvalue weighted by molar-refractivity contribution is -0.120. The fourth-order valence-electron chi connectivity index (χ4n) is 2.53. The summed E-state index contributed by atoms with van der Waals surface area (Å²) in [5, 5.41) is 14.2. The summed E-state index contributed by atoms with van der Waals surface area (Å²) in [5.74, 6) is 0.928. The number of aromatic hydroxyl groups is 1. The average Bonchev–Trinajstić information content (AvgIpc) is 2.66. The van der Waals surface area contributed by atoms with Gasteiger partial charge in [0, 0.05) is 5.56 Å². The molecule has 142 valence electrons. The zero-order chi connectivity index (χ0) is 19.6. The van der Waals surface area contributed by atoms with Gasteiger partial charge < -0.3 is 14.6 Å². The number of hydrazone groups is 1. The number of rotatable bonds is 9. The minimum Gasteiger partial charge on any atom is -0.504 e. The summed E-state index contributed by atoms with van der Waals surface area (Å²) in [4.78, 5) is 12.1. The number of allylic oxidation sites excluding steroid dienone is 1. The van der Waals surface area contributed by atoms with Gasteiger partial charge in [-0.2, -0.15) is 5.10 Å². The van der Waals surface area contributed by atoms with E-state index in [-0.39, 0.29) is 18.1 Å². The molecule has 0 bridgehead atoms. The third-order valence-corrected chi connectivity index (χ3v) is 3.74. The number of phenols is 1. The number of ether oxygens (including phenoxy) is 2. The molecule has 0 atom stereocenters. The molecule has 2 aromatic rings. The van der Waals surface area contributed by atoms with E-state index in [4.69, 9.17) is 9.47 Å². The summed E-state index contributed by atoms with van der Waals surface area (Å²) in [7, 11) is 1.58. The van der Waals surface area contributed by atoms with Gasteiger partial charge in [0.15, 0.2) is 11.5 Å². The van der Waals surface area contributed by atoms with Crippen LogP contribution in [0.4, 0.5) is 0 Å². The third kappa shape index (κ3) is 5.88.